The molecule has 2 N–H and O–H groups in total. The maximum atomic E-state index is 13.6. The summed E-state index contributed by atoms with van der Waals surface area (Å²) < 4.78 is 5.68. The molecule has 7 nitrogen and oxygen atoms in total. The number of aliphatic carboxylic acids is 1. The molecule has 8 heteroatoms. The van der Waals surface area contributed by atoms with E-state index in [9.17, 15) is 19.5 Å². The Morgan fingerprint density at radius 2 is 1.63 bits per heavy atom. The second-order valence-electron chi connectivity index (χ2n) is 9.95. The van der Waals surface area contributed by atoms with E-state index in [0.717, 1.165) is 47.9 Å². The molecule has 2 aromatic carbocycles. The minimum Gasteiger partial charge on any atom is -0.480 e. The summed E-state index contributed by atoms with van der Waals surface area (Å²) in [4.78, 5) is 39.9. The third kappa shape index (κ3) is 4.18. The van der Waals surface area contributed by atoms with E-state index in [-0.39, 0.29) is 29.7 Å². The topological polar surface area (TPSA) is 95.9 Å². The van der Waals surface area contributed by atoms with E-state index in [0.29, 0.717) is 11.7 Å². The molecule has 0 radical (unpaired) electrons. The molecule has 35 heavy (non-hydrogen) atoms. The Morgan fingerprint density at radius 1 is 1.00 bits per heavy atom. The second-order valence-corrected chi connectivity index (χ2v) is 11.1. The van der Waals surface area contributed by atoms with Gasteiger partial charge in [0, 0.05) is 11.7 Å². The second kappa shape index (κ2) is 8.90. The van der Waals surface area contributed by atoms with Crippen molar-refractivity contribution in [1.82, 2.24) is 10.2 Å². The van der Waals surface area contributed by atoms with Crippen molar-refractivity contribution >= 4 is 29.7 Å². The molecule has 2 saturated carbocycles. The normalized spacial score (nSPS) is 23.9. The van der Waals surface area contributed by atoms with E-state index in [1.54, 1.807) is 11.8 Å². The molecule has 3 aliphatic carbocycles. The molecular weight excluding hydrogens is 464 g/mol. The number of nitrogens with one attached hydrogen (secondary N) is 1. The lowest BCUT2D eigenvalue weighted by Crippen LogP contribution is -2.55. The first kappa shape index (κ1) is 22.5. The number of nitrogens with zero attached hydrogens (tertiary/aromatic N) is 1. The summed E-state index contributed by atoms with van der Waals surface area (Å²) >= 11 is 1.55. The third-order valence-electron chi connectivity index (χ3n) is 7.58. The summed E-state index contributed by atoms with van der Waals surface area (Å²) in [5.41, 5.74) is 4.56. The first-order chi connectivity index (χ1) is 17.0. The van der Waals surface area contributed by atoms with Gasteiger partial charge in [-0.15, -0.1) is 11.8 Å². The first-order valence-electron chi connectivity index (χ1n) is 12.3. The summed E-state index contributed by atoms with van der Waals surface area (Å²) in [5.74, 6) is -0.552. The van der Waals surface area contributed by atoms with Crippen LogP contribution in [0.3, 0.4) is 0 Å². The van der Waals surface area contributed by atoms with Crippen LogP contribution >= 0.6 is 11.8 Å². The van der Waals surface area contributed by atoms with Gasteiger partial charge in [-0.3, -0.25) is 4.79 Å². The van der Waals surface area contributed by atoms with Gasteiger partial charge in [-0.2, -0.15) is 0 Å². The summed E-state index contributed by atoms with van der Waals surface area (Å²) in [6.45, 7) is 0.174. The van der Waals surface area contributed by atoms with Gasteiger partial charge < -0.3 is 20.1 Å². The number of ether oxygens (including phenoxy) is 1. The average molecular weight is 493 g/mol. The number of carbonyl (C=O) groups is 3. The summed E-state index contributed by atoms with van der Waals surface area (Å²) in [5, 5.41) is 12.4. The van der Waals surface area contributed by atoms with Gasteiger partial charge in [0.05, 0.1) is 5.37 Å². The lowest BCUT2D eigenvalue weighted by atomic mass is 9.98. The Morgan fingerprint density at radius 3 is 2.20 bits per heavy atom. The monoisotopic (exact) mass is 492 g/mol. The number of alkyl carbamates (subject to hydrolysis) is 1. The molecule has 3 atom stereocenters. The van der Waals surface area contributed by atoms with Crippen LogP contribution < -0.4 is 5.32 Å². The largest absolute Gasteiger partial charge is 0.480 e. The summed E-state index contributed by atoms with van der Waals surface area (Å²) in [6, 6.07) is 14.7. The number of carboxylic acid groups (broad SMARTS) is 1. The Balaban J connectivity index is 1.16. The highest BCUT2D eigenvalue weighted by atomic mass is 32.2. The number of thioether (sulfide) groups is 1. The highest BCUT2D eigenvalue weighted by Crippen LogP contribution is 2.47. The molecule has 182 valence electrons. The quantitative estimate of drug-likeness (QED) is 0.605. The number of fused-ring (bicyclic) bond motifs is 3. The molecule has 2 aromatic rings. The van der Waals surface area contributed by atoms with E-state index in [1.165, 1.54) is 4.90 Å². The van der Waals surface area contributed by atoms with Gasteiger partial charge in [0.2, 0.25) is 5.91 Å². The van der Waals surface area contributed by atoms with Gasteiger partial charge >= 0.3 is 12.1 Å². The Hall–Kier alpha value is -3.00. The molecule has 0 aromatic heterocycles. The standard InChI is InChI=1S/C27H28N2O5S/c30-24(29-22(26(31)32)14-35-25(29)16-11-12-16)23(15-9-10-15)28-27(33)34-13-21-19-7-3-1-5-17(19)18-6-2-4-8-20(18)21/h1-8,15-16,21-23,25H,9-14H2,(H,28,33)(H,31,32). The highest BCUT2D eigenvalue weighted by molar-refractivity contribution is 8.00. The van der Waals surface area contributed by atoms with Crippen LogP contribution in [0.4, 0.5) is 4.79 Å². The molecule has 6 rings (SSSR count). The maximum Gasteiger partial charge on any atom is 0.407 e. The number of carboxylic acids is 1. The van der Waals surface area contributed by atoms with Gasteiger partial charge in [0.25, 0.3) is 0 Å². The zero-order valence-electron chi connectivity index (χ0n) is 19.3. The molecule has 3 unspecified atom stereocenters. The molecule has 2 amide bonds. The molecule has 3 fully saturated rings. The molecule has 1 heterocycles. The van der Waals surface area contributed by atoms with Crippen molar-refractivity contribution in [2.75, 3.05) is 12.4 Å². The number of benzene rings is 2. The van der Waals surface area contributed by atoms with Crippen LogP contribution in [0.2, 0.25) is 0 Å². The van der Waals surface area contributed by atoms with Crippen LogP contribution in [0.1, 0.15) is 42.7 Å². The number of hydrogen-bond donors (Lipinski definition) is 2. The van der Waals surface area contributed by atoms with Crippen LogP contribution in [-0.4, -0.2) is 57.8 Å². The Labute approximate surface area is 208 Å². The van der Waals surface area contributed by atoms with Crippen molar-refractivity contribution in [2.45, 2.75) is 49.1 Å². The fourth-order valence-electron chi connectivity index (χ4n) is 5.48. The molecular formula is C27H28N2O5S. The average Bonchev–Trinajstić information content (AvgIpc) is 3.80. The van der Waals surface area contributed by atoms with Crippen molar-refractivity contribution in [2.24, 2.45) is 11.8 Å². The van der Waals surface area contributed by atoms with E-state index < -0.39 is 24.1 Å². The molecule has 1 saturated heterocycles. The van der Waals surface area contributed by atoms with Gasteiger partial charge in [0.1, 0.15) is 18.7 Å². The minimum absolute atomic E-state index is 0.0304. The van der Waals surface area contributed by atoms with E-state index in [2.05, 4.69) is 29.6 Å². The fourth-order valence-corrected chi connectivity index (χ4v) is 7.12. The van der Waals surface area contributed by atoms with Crippen molar-refractivity contribution < 1.29 is 24.2 Å². The fraction of sp³-hybridized carbons (Fsp3) is 0.444. The van der Waals surface area contributed by atoms with E-state index in [1.807, 2.05) is 24.3 Å². The zero-order chi connectivity index (χ0) is 24.1. The van der Waals surface area contributed by atoms with Crippen LogP contribution in [0, 0.1) is 11.8 Å². The van der Waals surface area contributed by atoms with Crippen LogP contribution in [0.15, 0.2) is 48.5 Å². The number of hydrogen-bond acceptors (Lipinski definition) is 5. The lowest BCUT2D eigenvalue weighted by molar-refractivity contribution is -0.150. The molecule has 0 bridgehead atoms. The number of rotatable bonds is 7. The van der Waals surface area contributed by atoms with Gasteiger partial charge in [-0.05, 0) is 59.8 Å². The first-order valence-corrected chi connectivity index (χ1v) is 13.4. The van der Waals surface area contributed by atoms with Crippen molar-refractivity contribution in [3.8, 4) is 11.1 Å². The molecule has 0 spiro atoms. The lowest BCUT2D eigenvalue weighted by Gasteiger charge is -2.31. The predicted molar refractivity (Wildman–Crippen MR) is 132 cm³/mol. The van der Waals surface area contributed by atoms with Gasteiger partial charge in [-0.25, -0.2) is 9.59 Å². The van der Waals surface area contributed by atoms with Crippen LogP contribution in [0.5, 0.6) is 0 Å². The molecule has 1 aliphatic heterocycles. The summed E-state index contributed by atoms with van der Waals surface area (Å²) in [7, 11) is 0. The maximum absolute atomic E-state index is 13.6. The van der Waals surface area contributed by atoms with Gasteiger partial charge in [0.15, 0.2) is 0 Å². The smallest absolute Gasteiger partial charge is 0.407 e. The number of amides is 2. The SMILES string of the molecule is O=C(NC(C(=O)N1C(C(=O)O)CSC1C1CC1)C1CC1)OCC1c2ccccc2-c2ccccc21. The third-order valence-corrected chi connectivity index (χ3v) is 9.04. The van der Waals surface area contributed by atoms with Crippen LogP contribution in [0.25, 0.3) is 11.1 Å². The highest BCUT2D eigenvalue weighted by Gasteiger charge is 2.51. The Kier molecular flexibility index (Phi) is 5.71. The molecule has 4 aliphatic rings. The zero-order valence-corrected chi connectivity index (χ0v) is 20.1. The Bertz CT molecular complexity index is 1130. The van der Waals surface area contributed by atoms with Crippen molar-refractivity contribution in [1.29, 1.82) is 0 Å². The van der Waals surface area contributed by atoms with E-state index >= 15 is 0 Å². The van der Waals surface area contributed by atoms with Gasteiger partial charge in [-0.1, -0.05) is 48.5 Å². The van der Waals surface area contributed by atoms with Crippen molar-refractivity contribution in [3.05, 3.63) is 59.7 Å². The summed E-state index contributed by atoms with van der Waals surface area (Å²) in [6.07, 6.45) is 3.09. The minimum atomic E-state index is -0.982. The van der Waals surface area contributed by atoms with Crippen molar-refractivity contribution in [3.63, 3.8) is 0 Å². The van der Waals surface area contributed by atoms with E-state index in [4.69, 9.17) is 4.74 Å². The van der Waals surface area contributed by atoms with Crippen LogP contribution in [-0.2, 0) is 14.3 Å². The number of carbonyl (C=O) groups excluding carboxylic acids is 2. The predicted octanol–water partition coefficient (Wildman–Crippen LogP) is 4.07.